The first-order valence-electron chi connectivity index (χ1n) is 6.93. The summed E-state index contributed by atoms with van der Waals surface area (Å²) in [5, 5.41) is 13.7. The van der Waals surface area contributed by atoms with E-state index in [1.54, 1.807) is 0 Å². The first kappa shape index (κ1) is 15.2. The molecule has 0 radical (unpaired) electrons. The number of rotatable bonds is 6. The predicted octanol–water partition coefficient (Wildman–Crippen LogP) is 2.05. The third-order valence-electron chi connectivity index (χ3n) is 4.33. The Morgan fingerprint density at radius 3 is 2.62 bits per heavy atom. The van der Waals surface area contributed by atoms with Gasteiger partial charge in [-0.15, -0.1) is 0 Å². The maximum atomic E-state index is 12.3. The Morgan fingerprint density at radius 2 is 2.14 bits per heavy atom. The number of benzene rings is 1. The van der Waals surface area contributed by atoms with Gasteiger partial charge in [-0.3, -0.25) is 20.8 Å². The van der Waals surface area contributed by atoms with Crippen LogP contribution in [0, 0.1) is 21.4 Å². The molecule has 0 saturated heterocycles. The summed E-state index contributed by atoms with van der Waals surface area (Å²) in [4.78, 5) is 22.5. The van der Waals surface area contributed by atoms with Crippen LogP contribution in [-0.2, 0) is 0 Å². The van der Waals surface area contributed by atoms with Gasteiger partial charge in [-0.1, -0.05) is 13.8 Å². The number of hydrogen-bond acceptors (Lipinski definition) is 5. The Bertz CT molecular complexity index is 567. The van der Waals surface area contributed by atoms with Crippen molar-refractivity contribution in [1.82, 2.24) is 5.32 Å². The molecule has 2 rings (SSSR count). The number of nitrogens with zero attached hydrogens (tertiary/aromatic N) is 1. The molecule has 0 heterocycles. The number of carbonyl (C=O) groups is 1. The van der Waals surface area contributed by atoms with Gasteiger partial charge < -0.3 is 10.7 Å². The van der Waals surface area contributed by atoms with E-state index in [4.69, 9.17) is 5.84 Å². The highest BCUT2D eigenvalue weighted by Gasteiger charge is 2.45. The Morgan fingerprint density at radius 1 is 1.48 bits per heavy atom. The molecule has 4 N–H and O–H groups in total. The molecule has 0 aliphatic heterocycles. The number of non-ortho nitro benzene ring substituents is 1. The number of anilines is 1. The summed E-state index contributed by atoms with van der Waals surface area (Å²) < 4.78 is 0. The molecule has 1 aliphatic rings. The van der Waals surface area contributed by atoms with Crippen molar-refractivity contribution in [2.45, 2.75) is 26.7 Å². The molecule has 0 atom stereocenters. The molecule has 1 amide bonds. The Kier molecular flexibility index (Phi) is 4.13. The van der Waals surface area contributed by atoms with E-state index in [2.05, 4.69) is 24.6 Å². The van der Waals surface area contributed by atoms with Crippen LogP contribution in [0.1, 0.15) is 37.0 Å². The topological polar surface area (TPSA) is 110 Å². The zero-order valence-electron chi connectivity index (χ0n) is 12.2. The van der Waals surface area contributed by atoms with E-state index in [0.29, 0.717) is 18.2 Å². The number of nitro groups is 1. The molecule has 21 heavy (non-hydrogen) atoms. The van der Waals surface area contributed by atoms with E-state index in [0.717, 1.165) is 12.8 Å². The fourth-order valence-corrected chi connectivity index (χ4v) is 2.43. The number of nitrogens with two attached hydrogens (primary N) is 1. The molecule has 7 heteroatoms. The highest BCUT2D eigenvalue weighted by Crippen LogP contribution is 2.51. The van der Waals surface area contributed by atoms with Gasteiger partial charge in [0.1, 0.15) is 0 Å². The maximum Gasteiger partial charge on any atom is 0.270 e. The van der Waals surface area contributed by atoms with Crippen molar-refractivity contribution >= 4 is 17.3 Å². The summed E-state index contributed by atoms with van der Waals surface area (Å²) in [6.07, 6.45) is 2.20. The fourth-order valence-electron chi connectivity index (χ4n) is 2.43. The quantitative estimate of drug-likeness (QED) is 0.422. The number of amides is 1. The van der Waals surface area contributed by atoms with Crippen LogP contribution in [0.4, 0.5) is 11.4 Å². The second-order valence-corrected chi connectivity index (χ2v) is 5.83. The minimum atomic E-state index is -0.534. The molecule has 1 fully saturated rings. The molecule has 0 unspecified atom stereocenters. The van der Waals surface area contributed by atoms with Gasteiger partial charge in [-0.25, -0.2) is 0 Å². The third-order valence-corrected chi connectivity index (χ3v) is 4.33. The summed E-state index contributed by atoms with van der Waals surface area (Å²) in [7, 11) is 0. The van der Waals surface area contributed by atoms with Gasteiger partial charge in [-0.2, -0.15) is 0 Å². The summed E-state index contributed by atoms with van der Waals surface area (Å²) in [6, 6.07) is 3.98. The number of hydrazine groups is 1. The molecule has 7 nitrogen and oxygen atoms in total. The van der Waals surface area contributed by atoms with Crippen molar-refractivity contribution in [3.05, 3.63) is 33.9 Å². The Balaban J connectivity index is 2.14. The summed E-state index contributed by atoms with van der Waals surface area (Å²) in [5.74, 6) is 5.50. The van der Waals surface area contributed by atoms with Crippen molar-refractivity contribution in [3.63, 3.8) is 0 Å². The number of nitrogens with one attached hydrogen (secondary N) is 2. The average Bonchev–Trinajstić information content (AvgIpc) is 3.25. The Labute approximate surface area is 123 Å². The van der Waals surface area contributed by atoms with Gasteiger partial charge in [0, 0.05) is 18.7 Å². The van der Waals surface area contributed by atoms with Crippen LogP contribution >= 0.6 is 0 Å². The zero-order chi connectivity index (χ0) is 15.6. The number of carbonyl (C=O) groups excluding carboxylic acids is 1. The first-order chi connectivity index (χ1) is 9.89. The fraction of sp³-hybridized carbons (Fsp3) is 0.500. The van der Waals surface area contributed by atoms with Crippen LogP contribution in [-0.4, -0.2) is 17.4 Å². The highest BCUT2D eigenvalue weighted by atomic mass is 16.6. The van der Waals surface area contributed by atoms with E-state index < -0.39 is 4.92 Å². The second kappa shape index (κ2) is 5.69. The molecule has 0 bridgehead atoms. The molecule has 1 aromatic rings. The lowest BCUT2D eigenvalue weighted by Gasteiger charge is -2.20. The largest absolute Gasteiger partial charge is 0.351 e. The lowest BCUT2D eigenvalue weighted by Crippen LogP contribution is -2.33. The lowest BCUT2D eigenvalue weighted by molar-refractivity contribution is -0.384. The van der Waals surface area contributed by atoms with Gasteiger partial charge in [0.25, 0.3) is 11.6 Å². The SMILES string of the molecule is CC(C)C1(CNC(=O)c2cc([N+](=O)[O-])ccc2NN)CC1. The summed E-state index contributed by atoms with van der Waals surface area (Å²) in [6.45, 7) is 4.86. The van der Waals surface area contributed by atoms with Crippen LogP contribution in [0.15, 0.2) is 18.2 Å². The minimum Gasteiger partial charge on any atom is -0.351 e. The van der Waals surface area contributed by atoms with E-state index >= 15 is 0 Å². The molecule has 1 aliphatic carbocycles. The van der Waals surface area contributed by atoms with Crippen molar-refractivity contribution in [1.29, 1.82) is 0 Å². The smallest absolute Gasteiger partial charge is 0.270 e. The number of nitro benzene ring substituents is 1. The number of hydrogen-bond donors (Lipinski definition) is 3. The standard InChI is InChI=1S/C14H20N4O3/c1-9(2)14(5-6-14)8-16-13(19)11-7-10(18(20)21)3-4-12(11)17-15/h3-4,7,9,17H,5-6,8,15H2,1-2H3,(H,16,19). The minimum absolute atomic E-state index is 0.135. The molecular weight excluding hydrogens is 272 g/mol. The maximum absolute atomic E-state index is 12.3. The highest BCUT2D eigenvalue weighted by molar-refractivity contribution is 6.00. The van der Waals surface area contributed by atoms with Crippen molar-refractivity contribution in [3.8, 4) is 0 Å². The van der Waals surface area contributed by atoms with Gasteiger partial charge in [-0.05, 0) is 30.2 Å². The van der Waals surface area contributed by atoms with Gasteiger partial charge in [0.15, 0.2) is 0 Å². The van der Waals surface area contributed by atoms with Crippen LogP contribution in [0.5, 0.6) is 0 Å². The molecule has 0 spiro atoms. The average molecular weight is 292 g/mol. The van der Waals surface area contributed by atoms with E-state index in [9.17, 15) is 14.9 Å². The molecular formula is C14H20N4O3. The lowest BCUT2D eigenvalue weighted by atomic mass is 9.92. The van der Waals surface area contributed by atoms with Gasteiger partial charge >= 0.3 is 0 Å². The van der Waals surface area contributed by atoms with Crippen molar-refractivity contribution in [2.24, 2.45) is 17.2 Å². The molecule has 0 aromatic heterocycles. The van der Waals surface area contributed by atoms with Crippen LogP contribution in [0.2, 0.25) is 0 Å². The summed E-state index contributed by atoms with van der Waals surface area (Å²) >= 11 is 0. The van der Waals surface area contributed by atoms with Crippen molar-refractivity contribution in [2.75, 3.05) is 12.0 Å². The molecule has 1 saturated carbocycles. The normalized spacial score (nSPS) is 15.6. The van der Waals surface area contributed by atoms with Crippen molar-refractivity contribution < 1.29 is 9.72 Å². The van der Waals surface area contributed by atoms with E-state index in [1.165, 1.54) is 18.2 Å². The first-order valence-corrected chi connectivity index (χ1v) is 6.93. The molecule has 114 valence electrons. The van der Waals surface area contributed by atoms with Crippen LogP contribution in [0.3, 0.4) is 0 Å². The van der Waals surface area contributed by atoms with E-state index in [-0.39, 0.29) is 22.6 Å². The zero-order valence-corrected chi connectivity index (χ0v) is 12.2. The predicted molar refractivity (Wildman–Crippen MR) is 79.7 cm³/mol. The molecule has 1 aromatic carbocycles. The monoisotopic (exact) mass is 292 g/mol. The second-order valence-electron chi connectivity index (χ2n) is 5.83. The van der Waals surface area contributed by atoms with Crippen LogP contribution < -0.4 is 16.6 Å². The number of nitrogen functional groups attached to an aromatic ring is 1. The van der Waals surface area contributed by atoms with Gasteiger partial charge in [0.05, 0.1) is 16.2 Å². The van der Waals surface area contributed by atoms with Gasteiger partial charge in [0.2, 0.25) is 0 Å². The summed E-state index contributed by atoms with van der Waals surface area (Å²) in [5.41, 5.74) is 2.99. The van der Waals surface area contributed by atoms with E-state index in [1.807, 2.05) is 0 Å². The third kappa shape index (κ3) is 3.13. The Hall–Kier alpha value is -2.15. The van der Waals surface area contributed by atoms with Crippen LogP contribution in [0.25, 0.3) is 0 Å².